The van der Waals surface area contributed by atoms with Crippen LogP contribution >= 0.6 is 0 Å². The first kappa shape index (κ1) is 14.5. The molecule has 1 amide bonds. The molecule has 116 valence electrons. The summed E-state index contributed by atoms with van der Waals surface area (Å²) in [5.74, 6) is -0.664. The lowest BCUT2D eigenvalue weighted by molar-refractivity contribution is -0.147. The van der Waals surface area contributed by atoms with Crippen molar-refractivity contribution in [2.75, 3.05) is 20.2 Å². The monoisotopic (exact) mass is 302 g/mol. The van der Waals surface area contributed by atoms with Gasteiger partial charge in [0.1, 0.15) is 11.9 Å². The van der Waals surface area contributed by atoms with Gasteiger partial charge in [-0.25, -0.2) is 4.68 Å². The number of benzene rings is 1. The van der Waals surface area contributed by atoms with Crippen LogP contribution in [0.25, 0.3) is 11.0 Å². The number of para-hydroxylation sites is 1. The summed E-state index contributed by atoms with van der Waals surface area (Å²) in [7, 11) is 1.29. The normalized spacial score (nSPS) is 16.0. The minimum absolute atomic E-state index is 0.172. The molecular formula is C15H18N4O3. The zero-order valence-electron chi connectivity index (χ0n) is 12.4. The molecule has 2 heterocycles. The Morgan fingerprint density at radius 3 is 2.73 bits per heavy atom. The van der Waals surface area contributed by atoms with Gasteiger partial charge in [0.2, 0.25) is 5.91 Å². The summed E-state index contributed by atoms with van der Waals surface area (Å²) >= 11 is 0. The molecule has 2 aromatic rings. The van der Waals surface area contributed by atoms with Crippen LogP contribution in [0.15, 0.2) is 24.3 Å². The van der Waals surface area contributed by atoms with E-state index >= 15 is 0 Å². The van der Waals surface area contributed by atoms with E-state index in [1.54, 1.807) is 4.90 Å². The highest BCUT2D eigenvalue weighted by Crippen LogP contribution is 2.25. The molecule has 1 aliphatic rings. The van der Waals surface area contributed by atoms with Crippen LogP contribution in [0.1, 0.15) is 25.3 Å². The van der Waals surface area contributed by atoms with Crippen molar-refractivity contribution in [3.63, 3.8) is 0 Å². The smallest absolute Gasteiger partial charge is 0.315 e. The van der Waals surface area contributed by atoms with Crippen molar-refractivity contribution in [1.29, 1.82) is 0 Å². The molecule has 0 radical (unpaired) electrons. The molecule has 0 atom stereocenters. The molecule has 0 unspecified atom stereocenters. The molecule has 22 heavy (non-hydrogen) atoms. The predicted octanol–water partition coefficient (Wildman–Crippen LogP) is 1.16. The van der Waals surface area contributed by atoms with Gasteiger partial charge in [-0.05, 0) is 25.0 Å². The molecule has 1 aliphatic heterocycles. The van der Waals surface area contributed by atoms with E-state index in [1.807, 2.05) is 28.9 Å². The van der Waals surface area contributed by atoms with Crippen molar-refractivity contribution in [3.8, 4) is 0 Å². The average molecular weight is 302 g/mol. The average Bonchev–Trinajstić information content (AvgIpc) is 2.99. The Morgan fingerprint density at radius 1 is 1.27 bits per heavy atom. The molecule has 1 fully saturated rings. The molecular weight excluding hydrogens is 284 g/mol. The Kier molecular flexibility index (Phi) is 4.04. The maximum absolute atomic E-state index is 12.0. The number of hydrogen-bond acceptors (Lipinski definition) is 5. The Morgan fingerprint density at radius 2 is 2.00 bits per heavy atom. The van der Waals surface area contributed by atoms with E-state index in [1.165, 1.54) is 7.11 Å². The Balaban J connectivity index is 1.64. The van der Waals surface area contributed by atoms with Crippen molar-refractivity contribution < 1.29 is 14.3 Å². The van der Waals surface area contributed by atoms with Crippen LogP contribution in [-0.2, 0) is 14.3 Å². The lowest BCUT2D eigenvalue weighted by Crippen LogP contribution is -2.40. The zero-order chi connectivity index (χ0) is 15.5. The molecule has 0 N–H and O–H groups in total. The van der Waals surface area contributed by atoms with E-state index in [9.17, 15) is 9.59 Å². The van der Waals surface area contributed by atoms with E-state index in [2.05, 4.69) is 15.0 Å². The summed E-state index contributed by atoms with van der Waals surface area (Å²) in [6.45, 7) is 1.24. The van der Waals surface area contributed by atoms with Gasteiger partial charge in [-0.15, -0.1) is 5.10 Å². The molecule has 0 saturated carbocycles. The number of carbonyl (C=O) groups excluding carboxylic acids is 2. The van der Waals surface area contributed by atoms with E-state index in [-0.39, 0.29) is 18.4 Å². The molecule has 7 heteroatoms. The number of likely N-dealkylation sites (tertiary alicyclic amines) is 1. The van der Waals surface area contributed by atoms with Gasteiger partial charge in [0.05, 0.1) is 18.7 Å². The molecule has 3 rings (SSSR count). The summed E-state index contributed by atoms with van der Waals surface area (Å²) in [6, 6.07) is 8.08. The fourth-order valence-electron chi connectivity index (χ4n) is 2.82. The number of hydrogen-bond donors (Lipinski definition) is 0. The number of fused-ring (bicyclic) bond motifs is 1. The van der Waals surface area contributed by atoms with Crippen LogP contribution in [0.4, 0.5) is 0 Å². The van der Waals surface area contributed by atoms with Crippen LogP contribution in [0.2, 0.25) is 0 Å². The number of esters is 1. The van der Waals surface area contributed by atoms with Gasteiger partial charge in [0, 0.05) is 13.1 Å². The quantitative estimate of drug-likeness (QED) is 0.628. The van der Waals surface area contributed by atoms with Gasteiger partial charge >= 0.3 is 5.97 Å². The van der Waals surface area contributed by atoms with Gasteiger partial charge in [-0.1, -0.05) is 17.3 Å². The Bertz CT molecular complexity index is 689. The predicted molar refractivity (Wildman–Crippen MR) is 79.0 cm³/mol. The van der Waals surface area contributed by atoms with Gasteiger partial charge in [0.25, 0.3) is 0 Å². The molecule has 1 saturated heterocycles. The van der Waals surface area contributed by atoms with E-state index < -0.39 is 5.97 Å². The van der Waals surface area contributed by atoms with Crippen LogP contribution < -0.4 is 0 Å². The van der Waals surface area contributed by atoms with E-state index in [0.29, 0.717) is 13.1 Å². The highest BCUT2D eigenvalue weighted by Gasteiger charge is 2.26. The fourth-order valence-corrected chi connectivity index (χ4v) is 2.82. The van der Waals surface area contributed by atoms with Gasteiger partial charge in [-0.2, -0.15) is 0 Å². The van der Waals surface area contributed by atoms with Gasteiger partial charge in [-0.3, -0.25) is 9.59 Å². The summed E-state index contributed by atoms with van der Waals surface area (Å²) in [6.07, 6.45) is 1.42. The number of ether oxygens (including phenoxy) is 1. The van der Waals surface area contributed by atoms with Crippen molar-refractivity contribution in [1.82, 2.24) is 19.9 Å². The minimum Gasteiger partial charge on any atom is -0.469 e. The Labute approximate surface area is 127 Å². The van der Waals surface area contributed by atoms with Crippen molar-refractivity contribution in [2.24, 2.45) is 0 Å². The largest absolute Gasteiger partial charge is 0.469 e. The van der Waals surface area contributed by atoms with Crippen LogP contribution in [0, 0.1) is 0 Å². The third-order valence-electron chi connectivity index (χ3n) is 4.06. The van der Waals surface area contributed by atoms with Crippen molar-refractivity contribution in [2.45, 2.75) is 25.3 Å². The minimum atomic E-state index is -0.491. The first-order chi connectivity index (χ1) is 10.7. The van der Waals surface area contributed by atoms with Crippen molar-refractivity contribution in [3.05, 3.63) is 24.3 Å². The standard InChI is InChI=1S/C15H18N4O3/c1-22-15(21)10-14(20)18-8-6-11(7-9-18)19-13-5-3-2-4-12(13)16-17-19/h2-5,11H,6-10H2,1H3. The second kappa shape index (κ2) is 6.13. The number of methoxy groups -OCH3 is 1. The molecule has 0 aliphatic carbocycles. The number of aromatic nitrogens is 3. The number of piperidine rings is 1. The lowest BCUT2D eigenvalue weighted by Gasteiger charge is -2.31. The van der Waals surface area contributed by atoms with Gasteiger partial charge in [0.15, 0.2) is 0 Å². The number of nitrogens with zero attached hydrogens (tertiary/aromatic N) is 4. The summed E-state index contributed by atoms with van der Waals surface area (Å²) in [4.78, 5) is 24.8. The first-order valence-corrected chi connectivity index (χ1v) is 7.33. The SMILES string of the molecule is COC(=O)CC(=O)N1CCC(n2nnc3ccccc32)CC1. The highest BCUT2D eigenvalue weighted by atomic mass is 16.5. The van der Waals surface area contributed by atoms with Crippen LogP contribution in [0.5, 0.6) is 0 Å². The highest BCUT2D eigenvalue weighted by molar-refractivity contribution is 5.94. The van der Waals surface area contributed by atoms with Crippen molar-refractivity contribution >= 4 is 22.9 Å². The fraction of sp³-hybridized carbons (Fsp3) is 0.467. The third kappa shape index (κ3) is 2.79. The second-order valence-corrected chi connectivity index (χ2v) is 5.39. The number of amides is 1. The van der Waals surface area contributed by atoms with E-state index in [4.69, 9.17) is 0 Å². The number of rotatable bonds is 3. The zero-order valence-corrected chi connectivity index (χ0v) is 12.4. The second-order valence-electron chi connectivity index (χ2n) is 5.39. The Hall–Kier alpha value is -2.44. The summed E-state index contributed by atoms with van der Waals surface area (Å²) in [5.41, 5.74) is 1.90. The molecule has 1 aromatic carbocycles. The maximum atomic E-state index is 12.0. The summed E-state index contributed by atoms with van der Waals surface area (Å²) in [5, 5.41) is 8.41. The third-order valence-corrected chi connectivity index (χ3v) is 4.06. The lowest BCUT2D eigenvalue weighted by atomic mass is 10.0. The molecule has 7 nitrogen and oxygen atoms in total. The van der Waals surface area contributed by atoms with Crippen LogP contribution in [0.3, 0.4) is 0 Å². The first-order valence-electron chi connectivity index (χ1n) is 7.33. The summed E-state index contributed by atoms with van der Waals surface area (Å²) < 4.78 is 6.47. The molecule has 0 bridgehead atoms. The molecule has 1 aromatic heterocycles. The number of carbonyl (C=O) groups is 2. The molecule has 0 spiro atoms. The van der Waals surface area contributed by atoms with E-state index in [0.717, 1.165) is 23.9 Å². The van der Waals surface area contributed by atoms with Gasteiger partial charge < -0.3 is 9.64 Å². The maximum Gasteiger partial charge on any atom is 0.315 e. The topological polar surface area (TPSA) is 77.3 Å². The van der Waals surface area contributed by atoms with Crippen LogP contribution in [-0.4, -0.2) is 52.0 Å².